The third-order valence-corrected chi connectivity index (χ3v) is 4.30. The quantitative estimate of drug-likeness (QED) is 0.499. The molecule has 6 nitrogen and oxygen atoms in total. The number of rotatable bonds is 6. The summed E-state index contributed by atoms with van der Waals surface area (Å²) in [6.07, 6.45) is 5.24. The monoisotopic (exact) mass is 321 g/mol. The highest BCUT2D eigenvalue weighted by Crippen LogP contribution is 2.14. The van der Waals surface area contributed by atoms with Crippen molar-refractivity contribution in [3.63, 3.8) is 0 Å². The average molecular weight is 321 g/mol. The van der Waals surface area contributed by atoms with Gasteiger partial charge in [0.25, 0.3) is 5.91 Å². The van der Waals surface area contributed by atoms with Gasteiger partial charge in [-0.3, -0.25) is 4.79 Å². The predicted molar refractivity (Wildman–Crippen MR) is 85.7 cm³/mol. The van der Waals surface area contributed by atoms with E-state index < -0.39 is 0 Å². The summed E-state index contributed by atoms with van der Waals surface area (Å²) in [4.78, 5) is 12.8. The molecule has 21 heavy (non-hydrogen) atoms. The van der Waals surface area contributed by atoms with Crippen molar-refractivity contribution in [3.05, 3.63) is 36.2 Å². The number of hydrazone groups is 1. The second-order valence-electron chi connectivity index (χ2n) is 4.08. The molecule has 0 spiro atoms. The van der Waals surface area contributed by atoms with Gasteiger partial charge in [-0.2, -0.15) is 5.10 Å². The first-order valence-electron chi connectivity index (χ1n) is 6.12. The Bertz CT molecular complexity index is 624. The van der Waals surface area contributed by atoms with Gasteiger partial charge in [-0.25, -0.2) is 5.43 Å². The molecule has 0 saturated carbocycles. The zero-order valence-electron chi connectivity index (χ0n) is 11.7. The summed E-state index contributed by atoms with van der Waals surface area (Å²) in [5, 5.41) is 12.3. The largest absolute Gasteiger partial charge is 0.312 e. The summed E-state index contributed by atoms with van der Waals surface area (Å²) < 4.78 is 1.76. The molecule has 0 saturated heterocycles. The van der Waals surface area contributed by atoms with E-state index in [9.17, 15) is 4.79 Å². The number of hydrogen-bond acceptors (Lipinski definition) is 6. The van der Waals surface area contributed by atoms with Crippen LogP contribution in [0.2, 0.25) is 0 Å². The van der Waals surface area contributed by atoms with Crippen molar-refractivity contribution in [2.24, 2.45) is 12.1 Å². The van der Waals surface area contributed by atoms with Crippen LogP contribution < -0.4 is 5.43 Å². The highest BCUT2D eigenvalue weighted by Gasteiger charge is 2.05. The first-order valence-corrected chi connectivity index (χ1v) is 8.33. The molecule has 1 aromatic heterocycles. The van der Waals surface area contributed by atoms with Gasteiger partial charge in [-0.1, -0.05) is 23.9 Å². The van der Waals surface area contributed by atoms with Crippen molar-refractivity contribution < 1.29 is 4.79 Å². The SMILES string of the molecule is CSc1ccc(/C=N/NC(=O)CSc2nncn2C)cc1. The lowest BCUT2D eigenvalue weighted by molar-refractivity contribution is -0.118. The fourth-order valence-corrected chi connectivity index (χ4v) is 2.52. The maximum atomic E-state index is 11.6. The lowest BCUT2D eigenvalue weighted by Gasteiger charge is -2.00. The molecular formula is C13H15N5OS2. The van der Waals surface area contributed by atoms with E-state index in [0.29, 0.717) is 5.16 Å². The molecule has 2 aromatic rings. The minimum absolute atomic E-state index is 0.181. The smallest absolute Gasteiger partial charge is 0.250 e. The van der Waals surface area contributed by atoms with Gasteiger partial charge in [0.2, 0.25) is 0 Å². The summed E-state index contributed by atoms with van der Waals surface area (Å²) in [5.41, 5.74) is 3.43. The van der Waals surface area contributed by atoms with Crippen LogP contribution in [-0.2, 0) is 11.8 Å². The van der Waals surface area contributed by atoms with Crippen molar-refractivity contribution >= 4 is 35.6 Å². The number of aryl methyl sites for hydroxylation is 1. The molecule has 8 heteroatoms. The van der Waals surface area contributed by atoms with E-state index in [2.05, 4.69) is 20.7 Å². The molecule has 0 bridgehead atoms. The molecule has 0 aliphatic rings. The third kappa shape index (κ3) is 4.91. The Balaban J connectivity index is 1.77. The van der Waals surface area contributed by atoms with Gasteiger partial charge in [0, 0.05) is 11.9 Å². The summed E-state index contributed by atoms with van der Waals surface area (Å²) in [7, 11) is 1.83. The first-order chi connectivity index (χ1) is 10.2. The van der Waals surface area contributed by atoms with Gasteiger partial charge in [0.15, 0.2) is 5.16 Å². The molecule has 0 radical (unpaired) electrons. The number of thioether (sulfide) groups is 2. The van der Waals surface area contributed by atoms with Crippen molar-refractivity contribution in [2.45, 2.75) is 10.1 Å². The molecule has 0 aliphatic carbocycles. The van der Waals surface area contributed by atoms with Crippen LogP contribution in [0.15, 0.2) is 45.7 Å². The lowest BCUT2D eigenvalue weighted by atomic mass is 10.2. The zero-order valence-corrected chi connectivity index (χ0v) is 13.3. The molecule has 1 N–H and O–H groups in total. The Kier molecular flexibility index (Phi) is 5.82. The maximum Gasteiger partial charge on any atom is 0.250 e. The number of aromatic nitrogens is 3. The Morgan fingerprint density at radius 3 is 2.81 bits per heavy atom. The Labute approximate surface area is 131 Å². The van der Waals surface area contributed by atoms with Gasteiger partial charge >= 0.3 is 0 Å². The second-order valence-corrected chi connectivity index (χ2v) is 5.90. The Hall–Kier alpha value is -1.80. The van der Waals surface area contributed by atoms with Crippen molar-refractivity contribution in [1.82, 2.24) is 20.2 Å². The molecule has 1 heterocycles. The van der Waals surface area contributed by atoms with Crippen LogP contribution in [0.5, 0.6) is 0 Å². The fraction of sp³-hybridized carbons (Fsp3) is 0.231. The van der Waals surface area contributed by atoms with E-state index in [-0.39, 0.29) is 11.7 Å². The van der Waals surface area contributed by atoms with E-state index in [1.807, 2.05) is 37.6 Å². The molecule has 0 aliphatic heterocycles. The fourth-order valence-electron chi connectivity index (χ4n) is 1.43. The third-order valence-electron chi connectivity index (χ3n) is 2.52. The number of nitrogens with one attached hydrogen (secondary N) is 1. The Morgan fingerprint density at radius 2 is 2.19 bits per heavy atom. The van der Waals surface area contributed by atoms with Crippen LogP contribution in [0.4, 0.5) is 0 Å². The van der Waals surface area contributed by atoms with E-state index in [4.69, 9.17) is 0 Å². The van der Waals surface area contributed by atoms with Gasteiger partial charge in [0.1, 0.15) is 6.33 Å². The van der Waals surface area contributed by atoms with E-state index >= 15 is 0 Å². The van der Waals surface area contributed by atoms with Gasteiger partial charge in [-0.15, -0.1) is 22.0 Å². The van der Waals surface area contributed by atoms with E-state index in [0.717, 1.165) is 5.56 Å². The highest BCUT2D eigenvalue weighted by atomic mass is 32.2. The van der Waals surface area contributed by atoms with Crippen molar-refractivity contribution in [3.8, 4) is 0 Å². The second kappa shape index (κ2) is 7.84. The number of carbonyl (C=O) groups excluding carboxylic acids is 1. The van der Waals surface area contributed by atoms with Crippen molar-refractivity contribution in [1.29, 1.82) is 0 Å². The summed E-state index contributed by atoms with van der Waals surface area (Å²) in [6.45, 7) is 0. The zero-order chi connectivity index (χ0) is 15.1. The first kappa shape index (κ1) is 15.6. The summed E-state index contributed by atoms with van der Waals surface area (Å²) in [5.74, 6) is 0.0648. The van der Waals surface area contributed by atoms with Crippen LogP contribution in [-0.4, -0.2) is 38.9 Å². The lowest BCUT2D eigenvalue weighted by Crippen LogP contribution is -2.19. The molecule has 110 valence electrons. The number of benzene rings is 1. The standard InChI is InChI=1S/C13H15N5OS2/c1-18-9-15-17-13(18)21-8-12(19)16-14-7-10-3-5-11(20-2)6-4-10/h3-7,9H,8H2,1-2H3,(H,16,19)/b14-7+. The number of hydrogen-bond donors (Lipinski definition) is 1. The molecular weight excluding hydrogens is 306 g/mol. The van der Waals surface area contributed by atoms with Crippen LogP contribution >= 0.6 is 23.5 Å². The van der Waals surface area contributed by atoms with E-state index in [1.54, 1.807) is 28.9 Å². The van der Waals surface area contributed by atoms with Crippen LogP contribution in [0.3, 0.4) is 0 Å². The number of carbonyl (C=O) groups is 1. The maximum absolute atomic E-state index is 11.6. The molecule has 2 rings (SSSR count). The van der Waals surface area contributed by atoms with Gasteiger partial charge < -0.3 is 4.57 Å². The van der Waals surface area contributed by atoms with E-state index in [1.165, 1.54) is 16.7 Å². The molecule has 1 aromatic carbocycles. The molecule has 0 atom stereocenters. The Morgan fingerprint density at radius 1 is 1.43 bits per heavy atom. The normalized spacial score (nSPS) is 11.0. The molecule has 1 amide bonds. The van der Waals surface area contributed by atoms with Gasteiger partial charge in [-0.05, 0) is 24.0 Å². The number of nitrogens with zero attached hydrogens (tertiary/aromatic N) is 4. The molecule has 0 unspecified atom stereocenters. The van der Waals surface area contributed by atoms with Crippen molar-refractivity contribution in [2.75, 3.05) is 12.0 Å². The number of amides is 1. The average Bonchev–Trinajstić information content (AvgIpc) is 2.91. The van der Waals surface area contributed by atoms with Crippen LogP contribution in [0, 0.1) is 0 Å². The molecule has 0 fully saturated rings. The summed E-state index contributed by atoms with van der Waals surface area (Å²) in [6, 6.07) is 7.93. The minimum Gasteiger partial charge on any atom is -0.312 e. The van der Waals surface area contributed by atoms with Gasteiger partial charge in [0.05, 0.1) is 12.0 Å². The predicted octanol–water partition coefficient (Wildman–Crippen LogP) is 1.78. The topological polar surface area (TPSA) is 72.2 Å². The minimum atomic E-state index is -0.181. The summed E-state index contributed by atoms with van der Waals surface area (Å²) >= 11 is 3.00. The highest BCUT2D eigenvalue weighted by molar-refractivity contribution is 7.99. The van der Waals surface area contributed by atoms with Crippen LogP contribution in [0.25, 0.3) is 0 Å². The van der Waals surface area contributed by atoms with Crippen LogP contribution in [0.1, 0.15) is 5.56 Å².